The molecule has 2 N–H and O–H groups in total. The third kappa shape index (κ3) is 4.04. The zero-order valence-corrected chi connectivity index (χ0v) is 11.2. The summed E-state index contributed by atoms with van der Waals surface area (Å²) in [5.74, 6) is 0.471. The molecule has 1 amide bonds. The van der Waals surface area contributed by atoms with Crippen molar-refractivity contribution in [1.29, 1.82) is 0 Å². The summed E-state index contributed by atoms with van der Waals surface area (Å²) in [5, 5.41) is 11.7. The summed E-state index contributed by atoms with van der Waals surface area (Å²) in [5.41, 5.74) is 1.82. The summed E-state index contributed by atoms with van der Waals surface area (Å²) >= 11 is 0. The zero-order valence-electron chi connectivity index (χ0n) is 11.2. The molecule has 4 nitrogen and oxygen atoms in total. The Morgan fingerprint density at radius 3 is 2.78 bits per heavy atom. The third-order valence-corrected chi connectivity index (χ3v) is 2.45. The molecular weight excluding hydrogens is 230 g/mol. The van der Waals surface area contributed by atoms with Crippen molar-refractivity contribution in [3.63, 3.8) is 0 Å². The van der Waals surface area contributed by atoms with Crippen LogP contribution in [-0.4, -0.2) is 23.7 Å². The van der Waals surface area contributed by atoms with Gasteiger partial charge in [-0.2, -0.15) is 0 Å². The highest BCUT2D eigenvalue weighted by Crippen LogP contribution is 2.20. The number of hydrogen-bond acceptors (Lipinski definition) is 3. The van der Waals surface area contributed by atoms with Gasteiger partial charge in [0.15, 0.2) is 6.10 Å². The molecule has 0 aliphatic carbocycles. The molecule has 0 bridgehead atoms. The second-order valence-electron chi connectivity index (χ2n) is 4.41. The fourth-order valence-electron chi connectivity index (χ4n) is 1.57. The molecule has 0 spiro atoms. The van der Waals surface area contributed by atoms with Crippen molar-refractivity contribution in [3.8, 4) is 0 Å². The van der Waals surface area contributed by atoms with Gasteiger partial charge in [0.05, 0.1) is 5.70 Å². The topological polar surface area (TPSA) is 58.6 Å². The molecule has 1 heterocycles. The van der Waals surface area contributed by atoms with Crippen LogP contribution in [0.2, 0.25) is 0 Å². The lowest BCUT2D eigenvalue weighted by molar-refractivity contribution is -0.132. The Balaban J connectivity index is 2.92. The van der Waals surface area contributed by atoms with Crippen LogP contribution in [0.25, 0.3) is 0 Å². The minimum atomic E-state index is -0.600. The van der Waals surface area contributed by atoms with E-state index in [2.05, 4.69) is 5.32 Å². The smallest absolute Gasteiger partial charge is 0.265 e. The number of rotatable bonds is 4. The molecule has 1 unspecified atom stereocenters. The Bertz CT molecular complexity index is 390. The molecule has 4 heteroatoms. The van der Waals surface area contributed by atoms with Gasteiger partial charge in [-0.25, -0.2) is 0 Å². The van der Waals surface area contributed by atoms with Gasteiger partial charge in [0.1, 0.15) is 5.76 Å². The highest BCUT2D eigenvalue weighted by molar-refractivity contribution is 5.84. The monoisotopic (exact) mass is 251 g/mol. The number of ether oxygens (including phenoxy) is 1. The number of aliphatic hydroxyl groups is 1. The van der Waals surface area contributed by atoms with Gasteiger partial charge in [-0.15, -0.1) is 0 Å². The van der Waals surface area contributed by atoms with Crippen LogP contribution in [0.15, 0.2) is 35.3 Å². The first-order valence-corrected chi connectivity index (χ1v) is 6.22. The lowest BCUT2D eigenvalue weighted by Gasteiger charge is -2.27. The van der Waals surface area contributed by atoms with Crippen LogP contribution in [0.1, 0.15) is 33.6 Å². The second-order valence-corrected chi connectivity index (χ2v) is 4.41. The number of aliphatic hydroxyl groups excluding tert-OH is 1. The van der Waals surface area contributed by atoms with Crippen molar-refractivity contribution >= 4 is 5.91 Å². The van der Waals surface area contributed by atoms with Crippen LogP contribution in [0, 0.1) is 0 Å². The van der Waals surface area contributed by atoms with Crippen LogP contribution in [-0.2, 0) is 9.53 Å². The van der Waals surface area contributed by atoms with Gasteiger partial charge in [-0.05, 0) is 32.4 Å². The van der Waals surface area contributed by atoms with Crippen molar-refractivity contribution in [3.05, 3.63) is 35.3 Å². The molecule has 0 radical (unpaired) electrons. The van der Waals surface area contributed by atoms with Gasteiger partial charge in [-0.1, -0.05) is 18.6 Å². The molecule has 0 aromatic heterocycles. The maximum absolute atomic E-state index is 11.8. The molecule has 0 aromatic carbocycles. The summed E-state index contributed by atoms with van der Waals surface area (Å²) in [6.07, 6.45) is 6.22. The molecule has 1 atom stereocenters. The van der Waals surface area contributed by atoms with E-state index >= 15 is 0 Å². The Labute approximate surface area is 108 Å². The number of nitrogens with one attached hydrogen (secondary N) is 1. The Morgan fingerprint density at radius 2 is 2.22 bits per heavy atom. The predicted octanol–water partition coefficient (Wildman–Crippen LogP) is 2.03. The molecule has 18 heavy (non-hydrogen) atoms. The van der Waals surface area contributed by atoms with E-state index in [0.29, 0.717) is 17.9 Å². The fourth-order valence-corrected chi connectivity index (χ4v) is 1.57. The quantitative estimate of drug-likeness (QED) is 0.803. The lowest BCUT2D eigenvalue weighted by Crippen LogP contribution is -2.42. The number of carbonyl (C=O) groups is 1. The van der Waals surface area contributed by atoms with E-state index in [1.54, 1.807) is 0 Å². The van der Waals surface area contributed by atoms with Gasteiger partial charge in [-0.3, -0.25) is 4.79 Å². The van der Waals surface area contributed by atoms with Crippen LogP contribution >= 0.6 is 0 Å². The van der Waals surface area contributed by atoms with Gasteiger partial charge >= 0.3 is 0 Å². The van der Waals surface area contributed by atoms with E-state index in [4.69, 9.17) is 9.84 Å². The van der Waals surface area contributed by atoms with Gasteiger partial charge in [0.2, 0.25) is 0 Å². The molecule has 1 fully saturated rings. The van der Waals surface area contributed by atoms with Crippen molar-refractivity contribution in [2.75, 3.05) is 6.61 Å². The van der Waals surface area contributed by atoms with Crippen LogP contribution in [0.5, 0.6) is 0 Å². The first-order chi connectivity index (χ1) is 8.58. The second kappa shape index (κ2) is 7.01. The largest absolute Gasteiger partial charge is 0.479 e. The van der Waals surface area contributed by atoms with Crippen molar-refractivity contribution in [2.24, 2.45) is 0 Å². The van der Waals surface area contributed by atoms with Gasteiger partial charge in [0.25, 0.3) is 5.91 Å². The molecule has 1 aliphatic rings. The maximum Gasteiger partial charge on any atom is 0.265 e. The predicted molar refractivity (Wildman–Crippen MR) is 70.6 cm³/mol. The fraction of sp³-hybridized carbons (Fsp3) is 0.500. The van der Waals surface area contributed by atoms with Crippen LogP contribution < -0.4 is 5.32 Å². The van der Waals surface area contributed by atoms with Gasteiger partial charge in [0, 0.05) is 13.0 Å². The lowest BCUT2D eigenvalue weighted by atomic mass is 10.1. The zero-order chi connectivity index (χ0) is 13.5. The van der Waals surface area contributed by atoms with Crippen molar-refractivity contribution in [2.45, 2.75) is 39.7 Å². The summed E-state index contributed by atoms with van der Waals surface area (Å²) in [6, 6.07) is 0. The van der Waals surface area contributed by atoms with E-state index in [0.717, 1.165) is 12.0 Å². The Morgan fingerprint density at radius 1 is 1.50 bits per heavy atom. The average Bonchev–Trinajstić information content (AvgIpc) is 2.31. The summed E-state index contributed by atoms with van der Waals surface area (Å²) < 4.78 is 5.62. The first-order valence-electron chi connectivity index (χ1n) is 6.22. The molecule has 1 rings (SSSR count). The molecule has 1 saturated heterocycles. The molecular formula is C14H21NO3. The van der Waals surface area contributed by atoms with Crippen LogP contribution in [0.4, 0.5) is 0 Å². The number of hydrogen-bond donors (Lipinski definition) is 2. The maximum atomic E-state index is 11.8. The highest BCUT2D eigenvalue weighted by atomic mass is 16.5. The van der Waals surface area contributed by atoms with Crippen LogP contribution in [0.3, 0.4) is 0 Å². The van der Waals surface area contributed by atoms with Crippen molar-refractivity contribution in [1.82, 2.24) is 5.32 Å². The standard InChI is InChI=1S/C14H21NO3/c1-4-5-12-11(7-6-10(2)3)15-14(17)13(18-12)8-9-16/h5-7,13,16H,4,8-9H2,1-3H3,(H,15,17)/b11-7+,12-5+. The molecule has 1 aliphatic heterocycles. The number of allylic oxidation sites excluding steroid dienone is 4. The van der Waals surface area contributed by atoms with E-state index in [1.807, 2.05) is 39.0 Å². The Hall–Kier alpha value is -1.55. The SMILES string of the molecule is CC/C=C1/OC(CCO)C(=O)N/C1=C/C=C(C)C. The van der Waals surface area contributed by atoms with Gasteiger partial charge < -0.3 is 15.2 Å². The van der Waals surface area contributed by atoms with E-state index in [9.17, 15) is 4.79 Å². The van der Waals surface area contributed by atoms with E-state index < -0.39 is 6.10 Å². The Kier molecular flexibility index (Phi) is 5.65. The van der Waals surface area contributed by atoms with Crippen molar-refractivity contribution < 1.29 is 14.6 Å². The minimum absolute atomic E-state index is 0.0650. The minimum Gasteiger partial charge on any atom is -0.479 e. The molecule has 0 saturated carbocycles. The van der Waals surface area contributed by atoms with E-state index in [-0.39, 0.29) is 12.5 Å². The summed E-state index contributed by atoms with van der Waals surface area (Å²) in [7, 11) is 0. The summed E-state index contributed by atoms with van der Waals surface area (Å²) in [6.45, 7) is 5.91. The highest BCUT2D eigenvalue weighted by Gasteiger charge is 2.28. The number of amides is 1. The molecule has 0 aromatic rings. The first kappa shape index (κ1) is 14.5. The molecule has 100 valence electrons. The normalized spacial score (nSPS) is 23.8. The third-order valence-electron chi connectivity index (χ3n) is 2.45. The number of carbonyl (C=O) groups excluding carboxylic acids is 1. The van der Waals surface area contributed by atoms with E-state index in [1.165, 1.54) is 0 Å². The summed E-state index contributed by atoms with van der Waals surface area (Å²) in [4.78, 5) is 11.8. The average molecular weight is 251 g/mol. The number of morpholine rings is 1.